The van der Waals surface area contributed by atoms with E-state index in [2.05, 4.69) is 5.32 Å². The molecule has 1 N–H and O–H groups in total. The normalized spacial score (nSPS) is 12.3. The molecule has 0 radical (unpaired) electrons. The molecule has 0 spiro atoms. The molecular formula is C10H10ClF2NO. The molecule has 0 bridgehead atoms. The number of hydrogen-bond donors (Lipinski definition) is 1. The second-order valence-electron chi connectivity index (χ2n) is 3.13. The van der Waals surface area contributed by atoms with Gasteiger partial charge in [-0.05, 0) is 24.6 Å². The minimum Gasteiger partial charge on any atom is -0.349 e. The van der Waals surface area contributed by atoms with Crippen LogP contribution in [0.5, 0.6) is 0 Å². The van der Waals surface area contributed by atoms with E-state index in [1.807, 2.05) is 0 Å². The van der Waals surface area contributed by atoms with Crippen LogP contribution < -0.4 is 5.32 Å². The summed E-state index contributed by atoms with van der Waals surface area (Å²) in [5.74, 6) is -1.90. The van der Waals surface area contributed by atoms with Gasteiger partial charge in [-0.1, -0.05) is 0 Å². The number of carbonyl (C=O) groups excluding carboxylic acids is 1. The molecule has 0 aromatic heterocycles. The molecule has 1 aromatic rings. The van der Waals surface area contributed by atoms with Gasteiger partial charge in [-0.15, -0.1) is 11.6 Å². The highest BCUT2D eigenvalue weighted by atomic mass is 35.5. The van der Waals surface area contributed by atoms with E-state index in [-0.39, 0.29) is 11.8 Å². The number of alkyl halides is 1. The molecule has 1 atom stereocenters. The van der Waals surface area contributed by atoms with E-state index in [9.17, 15) is 13.6 Å². The van der Waals surface area contributed by atoms with E-state index < -0.39 is 17.7 Å². The third-order valence-electron chi connectivity index (χ3n) is 1.88. The van der Waals surface area contributed by atoms with Gasteiger partial charge in [0.1, 0.15) is 17.5 Å². The van der Waals surface area contributed by atoms with Crippen molar-refractivity contribution in [3.05, 3.63) is 35.4 Å². The van der Waals surface area contributed by atoms with Crippen molar-refractivity contribution in [1.29, 1.82) is 0 Å². The standard InChI is InChI=1S/C10H10ClF2NO/c1-6(14-10(15)5-11)7-2-8(12)4-9(13)3-7/h2-4,6H,5H2,1H3,(H,14,15)/t6-/m0/s1. The zero-order chi connectivity index (χ0) is 11.4. The van der Waals surface area contributed by atoms with Crippen molar-refractivity contribution >= 4 is 17.5 Å². The molecule has 82 valence electrons. The zero-order valence-corrected chi connectivity index (χ0v) is 8.81. The first-order chi connectivity index (χ1) is 7.02. The Morgan fingerprint density at radius 3 is 2.40 bits per heavy atom. The van der Waals surface area contributed by atoms with E-state index in [4.69, 9.17) is 11.6 Å². The topological polar surface area (TPSA) is 29.1 Å². The SMILES string of the molecule is C[C@H](NC(=O)CCl)c1cc(F)cc(F)c1. The largest absolute Gasteiger partial charge is 0.349 e. The lowest BCUT2D eigenvalue weighted by atomic mass is 10.1. The van der Waals surface area contributed by atoms with Crippen LogP contribution in [0, 0.1) is 11.6 Å². The Morgan fingerprint density at radius 2 is 1.93 bits per heavy atom. The van der Waals surface area contributed by atoms with Crippen LogP contribution in [-0.4, -0.2) is 11.8 Å². The highest BCUT2D eigenvalue weighted by Crippen LogP contribution is 2.15. The molecule has 1 amide bonds. The number of amides is 1. The van der Waals surface area contributed by atoms with Crippen LogP contribution in [0.2, 0.25) is 0 Å². The van der Waals surface area contributed by atoms with E-state index >= 15 is 0 Å². The molecule has 0 unspecified atom stereocenters. The fraction of sp³-hybridized carbons (Fsp3) is 0.300. The summed E-state index contributed by atoms with van der Waals surface area (Å²) in [6.07, 6.45) is 0. The van der Waals surface area contributed by atoms with Crippen molar-refractivity contribution in [3.63, 3.8) is 0 Å². The summed E-state index contributed by atoms with van der Waals surface area (Å²) in [4.78, 5) is 10.9. The lowest BCUT2D eigenvalue weighted by Gasteiger charge is -2.13. The van der Waals surface area contributed by atoms with Gasteiger partial charge < -0.3 is 5.32 Å². The Hall–Kier alpha value is -1.16. The van der Waals surface area contributed by atoms with Crippen molar-refractivity contribution in [1.82, 2.24) is 5.32 Å². The quantitative estimate of drug-likeness (QED) is 0.798. The molecule has 0 saturated heterocycles. The van der Waals surface area contributed by atoms with Crippen molar-refractivity contribution in [3.8, 4) is 0 Å². The second-order valence-corrected chi connectivity index (χ2v) is 3.39. The lowest BCUT2D eigenvalue weighted by Crippen LogP contribution is -2.27. The Kier molecular flexibility index (Phi) is 4.03. The average Bonchev–Trinajstić information content (AvgIpc) is 2.16. The molecule has 2 nitrogen and oxygen atoms in total. The van der Waals surface area contributed by atoms with E-state index in [1.165, 1.54) is 12.1 Å². The summed E-state index contributed by atoms with van der Waals surface area (Å²) in [7, 11) is 0. The minimum absolute atomic E-state index is 0.178. The summed E-state index contributed by atoms with van der Waals surface area (Å²) < 4.78 is 25.7. The van der Waals surface area contributed by atoms with Gasteiger partial charge in [-0.3, -0.25) is 4.79 Å². The average molecular weight is 234 g/mol. The molecule has 1 aromatic carbocycles. The zero-order valence-electron chi connectivity index (χ0n) is 8.06. The van der Waals surface area contributed by atoms with E-state index in [0.29, 0.717) is 5.56 Å². The first-order valence-electron chi connectivity index (χ1n) is 4.34. The van der Waals surface area contributed by atoms with Gasteiger partial charge in [0.15, 0.2) is 0 Å². The van der Waals surface area contributed by atoms with E-state index in [0.717, 1.165) is 6.07 Å². The van der Waals surface area contributed by atoms with Gasteiger partial charge in [0.2, 0.25) is 5.91 Å². The Bertz CT molecular complexity index is 350. The Labute approximate surface area is 91.2 Å². The van der Waals surface area contributed by atoms with Gasteiger partial charge in [-0.2, -0.15) is 0 Å². The smallest absolute Gasteiger partial charge is 0.235 e. The summed E-state index contributed by atoms with van der Waals surface area (Å²) in [5.41, 5.74) is 0.367. The van der Waals surface area contributed by atoms with Crippen LogP contribution in [-0.2, 0) is 4.79 Å². The third kappa shape index (κ3) is 3.47. The van der Waals surface area contributed by atoms with Crippen molar-refractivity contribution < 1.29 is 13.6 Å². The minimum atomic E-state index is -0.669. The fourth-order valence-electron chi connectivity index (χ4n) is 1.19. The number of rotatable bonds is 3. The van der Waals surface area contributed by atoms with Gasteiger partial charge in [0, 0.05) is 6.07 Å². The number of nitrogens with one attached hydrogen (secondary N) is 1. The number of hydrogen-bond acceptors (Lipinski definition) is 1. The van der Waals surface area contributed by atoms with Gasteiger partial charge in [-0.25, -0.2) is 8.78 Å². The van der Waals surface area contributed by atoms with Crippen LogP contribution in [0.3, 0.4) is 0 Å². The van der Waals surface area contributed by atoms with Crippen molar-refractivity contribution in [2.45, 2.75) is 13.0 Å². The first kappa shape index (κ1) is 11.9. The fourth-order valence-corrected chi connectivity index (χ4v) is 1.27. The highest BCUT2D eigenvalue weighted by molar-refractivity contribution is 6.27. The van der Waals surface area contributed by atoms with E-state index in [1.54, 1.807) is 6.92 Å². The molecule has 1 rings (SSSR count). The molecule has 0 aliphatic carbocycles. The lowest BCUT2D eigenvalue weighted by molar-refractivity contribution is -0.119. The van der Waals surface area contributed by atoms with Crippen molar-refractivity contribution in [2.75, 3.05) is 5.88 Å². The maximum absolute atomic E-state index is 12.8. The molecule has 0 aliphatic rings. The molecule has 15 heavy (non-hydrogen) atoms. The number of carbonyl (C=O) groups is 1. The summed E-state index contributed by atoms with van der Waals surface area (Å²) in [6.45, 7) is 1.62. The monoisotopic (exact) mass is 233 g/mol. The molecule has 0 fully saturated rings. The Morgan fingerprint density at radius 1 is 1.40 bits per heavy atom. The van der Waals surface area contributed by atoms with Crippen LogP contribution in [0.1, 0.15) is 18.5 Å². The number of benzene rings is 1. The molecule has 0 aliphatic heterocycles. The third-order valence-corrected chi connectivity index (χ3v) is 2.13. The Balaban J connectivity index is 2.81. The second kappa shape index (κ2) is 5.07. The molecule has 0 heterocycles. The summed E-state index contributed by atoms with van der Waals surface area (Å²) in [5, 5.41) is 2.50. The van der Waals surface area contributed by atoms with Gasteiger partial charge in [0.25, 0.3) is 0 Å². The predicted octanol–water partition coefficient (Wildman–Crippen LogP) is 2.38. The van der Waals surface area contributed by atoms with Gasteiger partial charge in [0.05, 0.1) is 6.04 Å². The summed E-state index contributed by atoms with van der Waals surface area (Å²) >= 11 is 5.29. The molecule has 0 saturated carbocycles. The molecule has 5 heteroatoms. The predicted molar refractivity (Wildman–Crippen MR) is 53.6 cm³/mol. The van der Waals surface area contributed by atoms with Gasteiger partial charge >= 0.3 is 0 Å². The molecular weight excluding hydrogens is 224 g/mol. The number of halogens is 3. The van der Waals surface area contributed by atoms with Crippen LogP contribution >= 0.6 is 11.6 Å². The van der Waals surface area contributed by atoms with Crippen LogP contribution in [0.15, 0.2) is 18.2 Å². The van der Waals surface area contributed by atoms with Crippen molar-refractivity contribution in [2.24, 2.45) is 0 Å². The maximum atomic E-state index is 12.8. The highest BCUT2D eigenvalue weighted by Gasteiger charge is 2.10. The van der Waals surface area contributed by atoms with Crippen LogP contribution in [0.4, 0.5) is 8.78 Å². The first-order valence-corrected chi connectivity index (χ1v) is 4.87. The summed E-state index contributed by atoms with van der Waals surface area (Å²) in [6, 6.07) is 2.64. The van der Waals surface area contributed by atoms with Crippen LogP contribution in [0.25, 0.3) is 0 Å². The maximum Gasteiger partial charge on any atom is 0.235 e.